The maximum atomic E-state index is 13.2. The van der Waals surface area contributed by atoms with E-state index in [9.17, 15) is 9.59 Å². The van der Waals surface area contributed by atoms with Crippen molar-refractivity contribution in [2.24, 2.45) is 11.8 Å². The summed E-state index contributed by atoms with van der Waals surface area (Å²) in [5, 5.41) is -0.0784. The summed E-state index contributed by atoms with van der Waals surface area (Å²) in [6.45, 7) is 1.81. The van der Waals surface area contributed by atoms with Crippen molar-refractivity contribution in [2.45, 2.75) is 108 Å². The van der Waals surface area contributed by atoms with Gasteiger partial charge in [0, 0.05) is 49.8 Å². The van der Waals surface area contributed by atoms with Gasteiger partial charge in [-0.3, -0.25) is 9.59 Å². The van der Waals surface area contributed by atoms with Gasteiger partial charge in [-0.1, -0.05) is 24.3 Å². The third-order valence-electron chi connectivity index (χ3n) is 8.57. The number of alkyl halides is 1. The number of benzene rings is 1. The SMILES string of the molecule is COCc1cc(CC(=O)/C=C/[C@@H]2[C@@H](C/C=C\CCCC(=O)OC)[C@H](Cl)C[C@H]2OC2CCCCO2)ccc1OC1CCCCO1. The molecule has 2 saturated heterocycles. The minimum atomic E-state index is -0.247. The zero-order valence-electron chi connectivity index (χ0n) is 26.3. The molecular formula is C35H49ClO8. The van der Waals surface area contributed by atoms with Crippen LogP contribution in [0.2, 0.25) is 0 Å². The van der Waals surface area contributed by atoms with Crippen molar-refractivity contribution in [3.05, 3.63) is 53.6 Å². The molecule has 2 aliphatic heterocycles. The van der Waals surface area contributed by atoms with E-state index in [1.165, 1.54) is 7.11 Å². The first kappa shape index (κ1) is 34.6. The van der Waals surface area contributed by atoms with E-state index < -0.39 is 0 Å². The maximum absolute atomic E-state index is 13.2. The van der Waals surface area contributed by atoms with Crippen LogP contribution in [0.1, 0.15) is 81.8 Å². The van der Waals surface area contributed by atoms with Crippen LogP contribution in [0, 0.1) is 11.8 Å². The minimum Gasteiger partial charge on any atom is -0.469 e. The first-order valence-electron chi connectivity index (χ1n) is 16.2. The highest BCUT2D eigenvalue weighted by atomic mass is 35.5. The molecule has 1 aromatic rings. The molecule has 244 valence electrons. The van der Waals surface area contributed by atoms with Crippen molar-refractivity contribution in [3.8, 4) is 5.75 Å². The third-order valence-corrected chi connectivity index (χ3v) is 9.07. The van der Waals surface area contributed by atoms with Crippen molar-refractivity contribution in [3.63, 3.8) is 0 Å². The van der Waals surface area contributed by atoms with E-state index >= 15 is 0 Å². The lowest BCUT2D eigenvalue weighted by Gasteiger charge is -2.29. The standard InChI is InChI=1S/C35H49ClO8/c1-39-24-26-21-25(15-18-31(26)43-34-13-7-9-19-41-34)22-27(37)16-17-29-28(11-5-3-4-6-12-33(38)40-2)30(36)23-32(29)44-35-14-8-10-20-42-35/h3,5,15-18,21,28-30,32,34-35H,4,6-14,19-20,22-24H2,1-2H3/b5-3-,17-16+/t28-,29-,30-,32-,34?,35?/m1/s1. The summed E-state index contributed by atoms with van der Waals surface area (Å²) in [4.78, 5) is 24.6. The molecule has 9 heteroatoms. The number of ether oxygens (including phenoxy) is 6. The smallest absolute Gasteiger partial charge is 0.305 e. The quantitative estimate of drug-likeness (QED) is 0.0643. The summed E-state index contributed by atoms with van der Waals surface area (Å²) < 4.78 is 34.3. The Morgan fingerprint density at radius 2 is 1.80 bits per heavy atom. The Hall–Kier alpha value is -2.23. The Morgan fingerprint density at radius 3 is 2.50 bits per heavy atom. The molecule has 0 aromatic heterocycles. The molecule has 8 nitrogen and oxygen atoms in total. The fraction of sp³-hybridized carbons (Fsp3) is 0.657. The van der Waals surface area contributed by atoms with Crippen LogP contribution in [0.5, 0.6) is 5.75 Å². The Morgan fingerprint density at radius 1 is 1.02 bits per heavy atom. The first-order valence-corrected chi connectivity index (χ1v) is 16.6. The largest absolute Gasteiger partial charge is 0.469 e. The Labute approximate surface area is 267 Å². The van der Waals surface area contributed by atoms with Crippen molar-refractivity contribution in [1.29, 1.82) is 0 Å². The van der Waals surface area contributed by atoms with Crippen molar-refractivity contribution < 1.29 is 38.0 Å². The Bertz CT molecular complexity index is 1090. The van der Waals surface area contributed by atoms with Crippen LogP contribution in [0.15, 0.2) is 42.5 Å². The van der Waals surface area contributed by atoms with Crippen LogP contribution < -0.4 is 4.74 Å². The lowest BCUT2D eigenvalue weighted by molar-refractivity contribution is -0.192. The number of allylic oxidation sites excluding steroid dienone is 3. The van der Waals surface area contributed by atoms with Crippen molar-refractivity contribution in [2.75, 3.05) is 27.4 Å². The average molecular weight is 633 g/mol. The van der Waals surface area contributed by atoms with E-state index in [1.807, 2.05) is 24.3 Å². The number of esters is 1. The van der Waals surface area contributed by atoms with Gasteiger partial charge < -0.3 is 28.4 Å². The molecule has 2 heterocycles. The number of ketones is 1. The Balaban J connectivity index is 1.39. The molecule has 3 aliphatic rings. The monoisotopic (exact) mass is 632 g/mol. The molecule has 6 atom stereocenters. The molecule has 0 N–H and O–H groups in total. The van der Waals surface area contributed by atoms with E-state index in [-0.39, 0.29) is 54.1 Å². The number of unbranched alkanes of at least 4 members (excludes halogenated alkanes) is 1. The van der Waals surface area contributed by atoms with Gasteiger partial charge in [0.15, 0.2) is 18.4 Å². The van der Waals surface area contributed by atoms with Crippen LogP contribution in [-0.4, -0.2) is 63.2 Å². The number of hydrogen-bond acceptors (Lipinski definition) is 8. The van der Waals surface area contributed by atoms with Gasteiger partial charge in [0.2, 0.25) is 0 Å². The molecule has 0 spiro atoms. The summed E-state index contributed by atoms with van der Waals surface area (Å²) in [5.74, 6) is 0.666. The third kappa shape index (κ3) is 11.0. The van der Waals surface area contributed by atoms with Crippen LogP contribution in [0.25, 0.3) is 0 Å². The van der Waals surface area contributed by atoms with Crippen LogP contribution in [-0.2, 0) is 46.3 Å². The van der Waals surface area contributed by atoms with Crippen LogP contribution in [0.4, 0.5) is 0 Å². The number of methoxy groups -OCH3 is 2. The van der Waals surface area contributed by atoms with E-state index in [1.54, 1.807) is 13.2 Å². The second-order valence-corrected chi connectivity index (χ2v) is 12.5. The molecule has 2 unspecified atom stereocenters. The van der Waals surface area contributed by atoms with Crippen molar-refractivity contribution in [1.82, 2.24) is 0 Å². The molecule has 3 fully saturated rings. The Kier molecular flexibility index (Phi) is 14.7. The van der Waals surface area contributed by atoms with Gasteiger partial charge >= 0.3 is 5.97 Å². The minimum absolute atomic E-state index is 0.0120. The summed E-state index contributed by atoms with van der Waals surface area (Å²) in [7, 11) is 3.06. The second-order valence-electron chi connectivity index (χ2n) is 11.9. The van der Waals surface area contributed by atoms with Gasteiger partial charge in [-0.05, 0) is 87.5 Å². The van der Waals surface area contributed by atoms with Gasteiger partial charge in [0.25, 0.3) is 0 Å². The molecule has 4 rings (SSSR count). The van der Waals surface area contributed by atoms with Crippen molar-refractivity contribution >= 4 is 23.4 Å². The summed E-state index contributed by atoms with van der Waals surface area (Å²) in [6.07, 6.45) is 17.1. The highest BCUT2D eigenvalue weighted by Gasteiger charge is 2.42. The van der Waals surface area contributed by atoms with E-state index in [4.69, 9.17) is 40.0 Å². The highest BCUT2D eigenvalue weighted by molar-refractivity contribution is 6.21. The van der Waals surface area contributed by atoms with Gasteiger partial charge in [-0.25, -0.2) is 0 Å². The lowest BCUT2D eigenvalue weighted by atomic mass is 9.90. The molecule has 1 aliphatic carbocycles. The van der Waals surface area contributed by atoms with Gasteiger partial charge in [0.1, 0.15) is 5.75 Å². The number of carbonyl (C=O) groups is 2. The topological polar surface area (TPSA) is 89.5 Å². The van der Waals surface area contributed by atoms with Gasteiger partial charge in [-0.15, -0.1) is 11.6 Å². The highest BCUT2D eigenvalue weighted by Crippen LogP contribution is 2.42. The summed E-state index contributed by atoms with van der Waals surface area (Å²) in [5.41, 5.74) is 1.80. The predicted octanol–water partition coefficient (Wildman–Crippen LogP) is 6.85. The fourth-order valence-corrected chi connectivity index (χ4v) is 6.64. The van der Waals surface area contributed by atoms with E-state index in [2.05, 4.69) is 12.2 Å². The average Bonchev–Trinajstić information content (AvgIpc) is 3.32. The molecule has 44 heavy (non-hydrogen) atoms. The summed E-state index contributed by atoms with van der Waals surface area (Å²) >= 11 is 6.90. The van der Waals surface area contributed by atoms with Gasteiger partial charge in [0.05, 0.1) is 26.4 Å². The van der Waals surface area contributed by atoms with Crippen LogP contribution >= 0.6 is 11.6 Å². The van der Waals surface area contributed by atoms with E-state index in [0.717, 1.165) is 74.7 Å². The summed E-state index contributed by atoms with van der Waals surface area (Å²) in [6, 6.07) is 5.83. The van der Waals surface area contributed by atoms with Crippen LogP contribution in [0.3, 0.4) is 0 Å². The predicted molar refractivity (Wildman–Crippen MR) is 169 cm³/mol. The molecular weight excluding hydrogens is 584 g/mol. The zero-order chi connectivity index (χ0) is 31.1. The first-order chi connectivity index (χ1) is 21.5. The lowest BCUT2D eigenvalue weighted by Crippen LogP contribution is -2.30. The molecule has 1 aromatic carbocycles. The maximum Gasteiger partial charge on any atom is 0.305 e. The number of hydrogen-bond donors (Lipinski definition) is 0. The number of halogens is 1. The van der Waals surface area contributed by atoms with Gasteiger partial charge in [-0.2, -0.15) is 0 Å². The zero-order valence-corrected chi connectivity index (χ0v) is 27.0. The number of carbonyl (C=O) groups excluding carboxylic acids is 2. The fourth-order valence-electron chi connectivity index (χ4n) is 6.19. The molecule has 0 amide bonds. The normalized spacial score (nSPS) is 27.6. The molecule has 0 bridgehead atoms. The second kappa shape index (κ2) is 18.7. The molecule has 1 saturated carbocycles. The number of rotatable bonds is 16. The molecule has 0 radical (unpaired) electrons. The van der Waals surface area contributed by atoms with E-state index in [0.29, 0.717) is 32.7 Å².